The summed E-state index contributed by atoms with van der Waals surface area (Å²) in [5, 5.41) is 0. The lowest BCUT2D eigenvalue weighted by Crippen LogP contribution is -2.04. The number of carbonyl (C=O) groups is 1. The number of aromatic nitrogens is 1. The number of pyridine rings is 1. The summed E-state index contributed by atoms with van der Waals surface area (Å²) >= 11 is 0. The summed E-state index contributed by atoms with van der Waals surface area (Å²) in [6, 6.07) is 22.7. The molecule has 0 fully saturated rings. The van der Waals surface area contributed by atoms with Crippen LogP contribution in [0.4, 0.5) is 0 Å². The maximum atomic E-state index is 12.7. The molecule has 4 rings (SSSR count). The summed E-state index contributed by atoms with van der Waals surface area (Å²) in [5.41, 5.74) is 7.90. The number of hydrogen-bond donors (Lipinski definition) is 0. The second-order valence-electron chi connectivity index (χ2n) is 8.98. The fraction of sp³-hybridized carbons (Fsp3) is 0.250. The number of aryl methyl sites for hydroxylation is 1. The van der Waals surface area contributed by atoms with Gasteiger partial charge in [-0.1, -0.05) is 85.3 Å². The van der Waals surface area contributed by atoms with E-state index in [0.29, 0.717) is 12.8 Å². The molecule has 0 spiro atoms. The number of allylic oxidation sites excluding steroid dienone is 5. The first-order chi connectivity index (χ1) is 17.1. The minimum atomic E-state index is 0.271. The summed E-state index contributed by atoms with van der Waals surface area (Å²) in [6.07, 6.45) is 13.0. The van der Waals surface area contributed by atoms with Gasteiger partial charge < -0.3 is 4.74 Å². The van der Waals surface area contributed by atoms with Crippen molar-refractivity contribution in [3.63, 3.8) is 0 Å². The van der Waals surface area contributed by atoms with Crippen LogP contribution in [-0.2, 0) is 22.4 Å². The maximum absolute atomic E-state index is 12.7. The van der Waals surface area contributed by atoms with Crippen molar-refractivity contribution in [3.05, 3.63) is 119 Å². The Labute approximate surface area is 208 Å². The first-order valence-corrected chi connectivity index (χ1v) is 12.4. The van der Waals surface area contributed by atoms with Crippen LogP contribution in [0, 0.1) is 0 Å². The molecule has 0 saturated carbocycles. The Hall–Kier alpha value is -3.72. The molecule has 1 aromatic heterocycles. The van der Waals surface area contributed by atoms with E-state index in [2.05, 4.69) is 66.5 Å². The highest BCUT2D eigenvalue weighted by Crippen LogP contribution is 2.27. The zero-order chi connectivity index (χ0) is 24.5. The predicted octanol–water partition coefficient (Wildman–Crippen LogP) is 7.54. The van der Waals surface area contributed by atoms with E-state index in [9.17, 15) is 4.79 Å². The number of carbonyl (C=O) groups excluding carboxylic acids is 1. The third-order valence-corrected chi connectivity index (χ3v) is 6.41. The lowest BCUT2D eigenvalue weighted by Gasteiger charge is -2.09. The Morgan fingerprint density at radius 2 is 1.77 bits per heavy atom. The van der Waals surface area contributed by atoms with Gasteiger partial charge in [0.15, 0.2) is 0 Å². The minimum Gasteiger partial charge on any atom is -0.501 e. The highest BCUT2D eigenvalue weighted by atomic mass is 16.5. The van der Waals surface area contributed by atoms with Gasteiger partial charge in [0.05, 0.1) is 12.8 Å². The van der Waals surface area contributed by atoms with Gasteiger partial charge in [0.2, 0.25) is 0 Å². The van der Waals surface area contributed by atoms with Crippen LogP contribution < -0.4 is 0 Å². The fourth-order valence-corrected chi connectivity index (χ4v) is 4.34. The summed E-state index contributed by atoms with van der Waals surface area (Å²) < 4.78 is 5.58. The van der Waals surface area contributed by atoms with Crippen LogP contribution in [0.2, 0.25) is 0 Å². The number of nitrogens with zero attached hydrogens (tertiary/aromatic N) is 1. The standard InChI is InChI=1S/C32H33NO2/c1-3-24-15-17-29(22-31(21-24)35-2)28-13-7-10-26(19-28)20-30(34)14-8-9-25-16-18-32(33-23-25)27-11-5-4-6-12-27/h4-7,10-13,15-19,22-23H,3,8-9,14,20-21H2,1-2H3. The number of benzene rings is 2. The van der Waals surface area contributed by atoms with E-state index < -0.39 is 0 Å². The Morgan fingerprint density at radius 3 is 2.51 bits per heavy atom. The van der Waals surface area contributed by atoms with Crippen LogP contribution in [-0.4, -0.2) is 17.9 Å². The molecule has 0 aliphatic heterocycles. The van der Waals surface area contributed by atoms with Gasteiger partial charge in [-0.15, -0.1) is 0 Å². The molecule has 2 aromatic carbocycles. The third-order valence-electron chi connectivity index (χ3n) is 6.41. The van der Waals surface area contributed by atoms with Crippen molar-refractivity contribution in [2.75, 3.05) is 7.11 Å². The Morgan fingerprint density at radius 1 is 0.943 bits per heavy atom. The van der Waals surface area contributed by atoms with Crippen molar-refractivity contribution in [3.8, 4) is 11.3 Å². The molecule has 0 atom stereocenters. The molecule has 1 heterocycles. The van der Waals surface area contributed by atoms with Crippen LogP contribution in [0.3, 0.4) is 0 Å². The monoisotopic (exact) mass is 463 g/mol. The van der Waals surface area contributed by atoms with Crippen molar-refractivity contribution < 1.29 is 9.53 Å². The van der Waals surface area contributed by atoms with Gasteiger partial charge in [-0.3, -0.25) is 9.78 Å². The molecule has 0 saturated heterocycles. The van der Waals surface area contributed by atoms with Gasteiger partial charge in [-0.25, -0.2) is 0 Å². The normalized spacial score (nSPS) is 13.4. The van der Waals surface area contributed by atoms with Gasteiger partial charge in [-0.05, 0) is 53.7 Å². The van der Waals surface area contributed by atoms with Crippen molar-refractivity contribution in [2.45, 2.75) is 45.4 Å². The number of ketones is 1. The Bertz CT molecular complexity index is 1230. The molecule has 0 amide bonds. The molecule has 1 aliphatic rings. The van der Waals surface area contributed by atoms with E-state index in [1.165, 1.54) is 11.1 Å². The first-order valence-electron chi connectivity index (χ1n) is 12.4. The van der Waals surface area contributed by atoms with Crippen LogP contribution in [0.5, 0.6) is 0 Å². The van der Waals surface area contributed by atoms with E-state index in [1.807, 2.05) is 36.5 Å². The second kappa shape index (κ2) is 12.1. The first kappa shape index (κ1) is 24.4. The van der Waals surface area contributed by atoms with Crippen molar-refractivity contribution >= 4 is 11.4 Å². The SMILES string of the molecule is CCC1=CC=C(c2cccc(CC(=O)CCCc3ccc(-c4ccccc4)nc3)c2)C=C(OC)C1. The largest absolute Gasteiger partial charge is 0.501 e. The van der Waals surface area contributed by atoms with Crippen LogP contribution in [0.25, 0.3) is 16.8 Å². The van der Waals surface area contributed by atoms with Gasteiger partial charge in [0.1, 0.15) is 11.5 Å². The Balaban J connectivity index is 1.32. The number of rotatable bonds is 10. The summed E-state index contributed by atoms with van der Waals surface area (Å²) in [6.45, 7) is 2.17. The summed E-state index contributed by atoms with van der Waals surface area (Å²) in [4.78, 5) is 17.3. The molecule has 0 unspecified atom stereocenters. The topological polar surface area (TPSA) is 39.2 Å². The van der Waals surface area contributed by atoms with Crippen molar-refractivity contribution in [1.29, 1.82) is 0 Å². The number of ether oxygens (including phenoxy) is 1. The third kappa shape index (κ3) is 6.89. The van der Waals surface area contributed by atoms with Crippen LogP contribution >= 0.6 is 0 Å². The molecule has 0 radical (unpaired) electrons. The van der Waals surface area contributed by atoms with E-state index in [0.717, 1.165) is 59.4 Å². The summed E-state index contributed by atoms with van der Waals surface area (Å²) in [7, 11) is 1.73. The minimum absolute atomic E-state index is 0.271. The number of hydrogen-bond acceptors (Lipinski definition) is 3. The average molecular weight is 464 g/mol. The quantitative estimate of drug-likeness (QED) is 0.312. The molecule has 3 nitrogen and oxygen atoms in total. The molecule has 178 valence electrons. The highest BCUT2D eigenvalue weighted by Gasteiger charge is 2.10. The van der Waals surface area contributed by atoms with Gasteiger partial charge in [-0.2, -0.15) is 0 Å². The van der Waals surface area contributed by atoms with Crippen LogP contribution in [0.15, 0.2) is 102 Å². The Kier molecular flexibility index (Phi) is 8.45. The van der Waals surface area contributed by atoms with E-state index in [1.54, 1.807) is 7.11 Å². The van der Waals surface area contributed by atoms with Gasteiger partial charge in [0, 0.05) is 31.0 Å². The molecule has 0 bridgehead atoms. The zero-order valence-electron chi connectivity index (χ0n) is 20.7. The van der Waals surface area contributed by atoms with Crippen molar-refractivity contribution in [1.82, 2.24) is 4.98 Å². The van der Waals surface area contributed by atoms with Crippen molar-refractivity contribution in [2.24, 2.45) is 0 Å². The smallest absolute Gasteiger partial charge is 0.137 e. The number of methoxy groups -OCH3 is 1. The molecule has 3 heteroatoms. The highest BCUT2D eigenvalue weighted by molar-refractivity contribution is 5.82. The molecule has 0 N–H and O–H groups in total. The molecular weight excluding hydrogens is 430 g/mol. The predicted molar refractivity (Wildman–Crippen MR) is 144 cm³/mol. The zero-order valence-corrected chi connectivity index (χ0v) is 20.7. The molecule has 1 aliphatic carbocycles. The molecule has 3 aromatic rings. The van der Waals surface area contributed by atoms with Crippen LogP contribution in [0.1, 0.15) is 49.3 Å². The van der Waals surface area contributed by atoms with Gasteiger partial charge in [0.25, 0.3) is 0 Å². The molecule has 35 heavy (non-hydrogen) atoms. The van der Waals surface area contributed by atoms with E-state index in [-0.39, 0.29) is 5.78 Å². The molecular formula is C32H33NO2. The van der Waals surface area contributed by atoms with E-state index >= 15 is 0 Å². The van der Waals surface area contributed by atoms with E-state index in [4.69, 9.17) is 4.74 Å². The lowest BCUT2D eigenvalue weighted by molar-refractivity contribution is -0.118. The van der Waals surface area contributed by atoms with Gasteiger partial charge >= 0.3 is 0 Å². The summed E-state index contributed by atoms with van der Waals surface area (Å²) in [5.74, 6) is 1.24. The number of Topliss-reactive ketones (excluding diaryl/α,β-unsaturated/α-hetero) is 1. The second-order valence-corrected chi connectivity index (χ2v) is 8.98. The maximum Gasteiger partial charge on any atom is 0.137 e. The average Bonchev–Trinajstić information content (AvgIpc) is 3.12. The lowest BCUT2D eigenvalue weighted by atomic mass is 9.98. The fourth-order valence-electron chi connectivity index (χ4n) is 4.34.